The summed E-state index contributed by atoms with van der Waals surface area (Å²) in [6.45, 7) is 5.65. The molecule has 4 unspecified atom stereocenters. The molecule has 0 spiro atoms. The minimum Gasteiger partial charge on any atom is -0.450 e. The summed E-state index contributed by atoms with van der Waals surface area (Å²) in [7, 11) is 0. The number of fused-ring (bicyclic) bond motifs is 3. The quantitative estimate of drug-likeness (QED) is 0.513. The van der Waals surface area contributed by atoms with E-state index in [0.717, 1.165) is 23.1 Å². The Morgan fingerprint density at radius 2 is 2.00 bits per heavy atom. The molecule has 0 radical (unpaired) electrons. The van der Waals surface area contributed by atoms with Gasteiger partial charge in [-0.15, -0.1) is 0 Å². The molecule has 4 nitrogen and oxygen atoms in total. The number of hydrogen-bond acceptors (Lipinski definition) is 4. The second-order valence-corrected chi connectivity index (χ2v) is 6.22. The molecular formula is C15H20O4. The third-order valence-electron chi connectivity index (χ3n) is 5.22. The molecule has 0 amide bonds. The van der Waals surface area contributed by atoms with E-state index in [-0.39, 0.29) is 17.5 Å². The van der Waals surface area contributed by atoms with Crippen LogP contribution in [0, 0.1) is 5.41 Å². The average molecular weight is 264 g/mol. The predicted molar refractivity (Wildman–Crippen MR) is 69.3 cm³/mol. The maximum atomic E-state index is 11.8. The second kappa shape index (κ2) is 3.93. The fourth-order valence-corrected chi connectivity index (χ4v) is 3.79. The van der Waals surface area contributed by atoms with E-state index in [0.29, 0.717) is 18.4 Å². The van der Waals surface area contributed by atoms with Gasteiger partial charge in [0.25, 0.3) is 0 Å². The number of carbonyl (C=O) groups is 1. The van der Waals surface area contributed by atoms with Gasteiger partial charge in [-0.1, -0.05) is 6.92 Å². The lowest BCUT2D eigenvalue weighted by Gasteiger charge is -2.48. The van der Waals surface area contributed by atoms with Gasteiger partial charge in [0.1, 0.15) is 6.10 Å². The molecular weight excluding hydrogens is 244 g/mol. The highest BCUT2D eigenvalue weighted by molar-refractivity contribution is 5.92. The molecule has 0 saturated heterocycles. The monoisotopic (exact) mass is 264 g/mol. The molecule has 2 N–H and O–H groups in total. The topological polar surface area (TPSA) is 66.8 Å². The molecule has 3 rings (SSSR count). The van der Waals surface area contributed by atoms with E-state index in [4.69, 9.17) is 4.74 Å². The molecule has 2 aliphatic carbocycles. The first-order chi connectivity index (χ1) is 8.86. The standard InChI is InChI=1S/C15H20O4/c1-7-9-6-11(17)15(3)5-4-10(16)8(2)12(15)13(9)19-14(7)18/h10-11,13,16-17H,4-6H2,1-3H3. The van der Waals surface area contributed by atoms with Crippen LogP contribution in [0.4, 0.5) is 0 Å². The summed E-state index contributed by atoms with van der Waals surface area (Å²) in [4.78, 5) is 11.8. The Labute approximate surface area is 112 Å². The molecule has 1 saturated carbocycles. The average Bonchev–Trinajstić information content (AvgIpc) is 2.63. The third-order valence-corrected chi connectivity index (χ3v) is 5.22. The fourth-order valence-electron chi connectivity index (χ4n) is 3.79. The molecule has 1 aliphatic heterocycles. The molecule has 1 heterocycles. The Morgan fingerprint density at radius 3 is 2.68 bits per heavy atom. The SMILES string of the molecule is CC1=C2CC(O)C3(C)CCC(O)C(C)=C3C2OC1=O. The normalized spacial score (nSPS) is 42.2. The maximum Gasteiger partial charge on any atom is 0.334 e. The van der Waals surface area contributed by atoms with Crippen LogP contribution in [-0.4, -0.2) is 34.5 Å². The van der Waals surface area contributed by atoms with Crippen LogP contribution in [0.1, 0.15) is 40.0 Å². The van der Waals surface area contributed by atoms with Crippen LogP contribution < -0.4 is 0 Å². The molecule has 0 aromatic rings. The minimum absolute atomic E-state index is 0.295. The second-order valence-electron chi connectivity index (χ2n) is 6.22. The van der Waals surface area contributed by atoms with Crippen LogP contribution in [0.25, 0.3) is 0 Å². The summed E-state index contributed by atoms with van der Waals surface area (Å²) in [6.07, 6.45) is 0.501. The number of hydrogen-bond donors (Lipinski definition) is 2. The summed E-state index contributed by atoms with van der Waals surface area (Å²) >= 11 is 0. The lowest BCUT2D eigenvalue weighted by molar-refractivity contribution is -0.140. The lowest BCUT2D eigenvalue weighted by atomic mass is 9.60. The lowest BCUT2D eigenvalue weighted by Crippen LogP contribution is -2.48. The highest BCUT2D eigenvalue weighted by Crippen LogP contribution is 2.54. The smallest absolute Gasteiger partial charge is 0.334 e. The van der Waals surface area contributed by atoms with Gasteiger partial charge < -0.3 is 14.9 Å². The van der Waals surface area contributed by atoms with Crippen molar-refractivity contribution in [3.05, 3.63) is 22.3 Å². The van der Waals surface area contributed by atoms with Gasteiger partial charge in [0.15, 0.2) is 0 Å². The maximum absolute atomic E-state index is 11.8. The van der Waals surface area contributed by atoms with E-state index in [1.807, 2.05) is 13.8 Å². The first-order valence-corrected chi connectivity index (χ1v) is 6.84. The van der Waals surface area contributed by atoms with E-state index in [1.165, 1.54) is 0 Å². The number of ether oxygens (including phenoxy) is 1. The Balaban J connectivity index is 2.18. The zero-order valence-electron chi connectivity index (χ0n) is 11.6. The predicted octanol–water partition coefficient (Wildman–Crippen LogP) is 1.47. The van der Waals surface area contributed by atoms with Crippen molar-refractivity contribution in [3.8, 4) is 0 Å². The van der Waals surface area contributed by atoms with Gasteiger partial charge in [0, 0.05) is 11.0 Å². The summed E-state index contributed by atoms with van der Waals surface area (Å²) in [6, 6.07) is 0. The van der Waals surface area contributed by atoms with Crippen molar-refractivity contribution in [3.63, 3.8) is 0 Å². The molecule has 0 bridgehead atoms. The zero-order valence-corrected chi connectivity index (χ0v) is 11.6. The molecule has 1 fully saturated rings. The van der Waals surface area contributed by atoms with Crippen molar-refractivity contribution in [1.29, 1.82) is 0 Å². The van der Waals surface area contributed by atoms with Gasteiger partial charge in [0.2, 0.25) is 0 Å². The van der Waals surface area contributed by atoms with Gasteiger partial charge in [-0.3, -0.25) is 0 Å². The minimum atomic E-state index is -0.513. The molecule has 0 aromatic carbocycles. The fraction of sp³-hybridized carbons (Fsp3) is 0.667. The molecule has 4 heteroatoms. The van der Waals surface area contributed by atoms with Crippen molar-refractivity contribution >= 4 is 5.97 Å². The van der Waals surface area contributed by atoms with Gasteiger partial charge in [-0.2, -0.15) is 0 Å². The van der Waals surface area contributed by atoms with Crippen LogP contribution in [0.2, 0.25) is 0 Å². The number of aliphatic hydroxyl groups excluding tert-OH is 2. The van der Waals surface area contributed by atoms with E-state index in [9.17, 15) is 15.0 Å². The summed E-state index contributed by atoms with van der Waals surface area (Å²) in [5.74, 6) is -0.295. The van der Waals surface area contributed by atoms with E-state index < -0.39 is 12.2 Å². The van der Waals surface area contributed by atoms with E-state index >= 15 is 0 Å². The highest BCUT2D eigenvalue weighted by atomic mass is 16.5. The molecule has 104 valence electrons. The van der Waals surface area contributed by atoms with Gasteiger partial charge in [-0.25, -0.2) is 4.79 Å². The number of esters is 1. The van der Waals surface area contributed by atoms with Gasteiger partial charge in [-0.05, 0) is 49.8 Å². The molecule has 3 aliphatic rings. The molecule has 4 atom stereocenters. The van der Waals surface area contributed by atoms with Crippen LogP contribution >= 0.6 is 0 Å². The van der Waals surface area contributed by atoms with Crippen molar-refractivity contribution in [2.45, 2.75) is 58.3 Å². The van der Waals surface area contributed by atoms with Gasteiger partial charge >= 0.3 is 5.97 Å². The Bertz CT molecular complexity index is 516. The third kappa shape index (κ3) is 1.56. The summed E-state index contributed by atoms with van der Waals surface area (Å²) < 4.78 is 5.49. The van der Waals surface area contributed by atoms with E-state index in [1.54, 1.807) is 6.92 Å². The number of aliphatic hydroxyl groups is 2. The van der Waals surface area contributed by atoms with Crippen molar-refractivity contribution in [1.82, 2.24) is 0 Å². The van der Waals surface area contributed by atoms with Gasteiger partial charge in [0.05, 0.1) is 12.2 Å². The molecule has 0 aromatic heterocycles. The zero-order chi connectivity index (χ0) is 13.9. The first kappa shape index (κ1) is 12.9. The summed E-state index contributed by atoms with van der Waals surface area (Å²) in [5.41, 5.74) is 2.90. The van der Waals surface area contributed by atoms with Crippen molar-refractivity contribution < 1.29 is 19.7 Å². The summed E-state index contributed by atoms with van der Waals surface area (Å²) in [5, 5.41) is 20.6. The van der Waals surface area contributed by atoms with Crippen LogP contribution in [0.3, 0.4) is 0 Å². The number of carbonyl (C=O) groups excluding carboxylic acids is 1. The largest absolute Gasteiger partial charge is 0.450 e. The first-order valence-electron chi connectivity index (χ1n) is 6.84. The highest BCUT2D eigenvalue weighted by Gasteiger charge is 2.53. The Hall–Kier alpha value is -1.13. The Kier molecular flexibility index (Phi) is 2.67. The number of rotatable bonds is 0. The van der Waals surface area contributed by atoms with Crippen LogP contribution in [0.15, 0.2) is 22.3 Å². The van der Waals surface area contributed by atoms with Crippen molar-refractivity contribution in [2.24, 2.45) is 5.41 Å². The van der Waals surface area contributed by atoms with Crippen LogP contribution in [-0.2, 0) is 9.53 Å². The van der Waals surface area contributed by atoms with Crippen molar-refractivity contribution in [2.75, 3.05) is 0 Å². The Morgan fingerprint density at radius 1 is 1.32 bits per heavy atom. The van der Waals surface area contributed by atoms with E-state index in [2.05, 4.69) is 0 Å². The molecule has 19 heavy (non-hydrogen) atoms. The van der Waals surface area contributed by atoms with Crippen LogP contribution in [0.5, 0.6) is 0 Å².